The third-order valence-electron chi connectivity index (χ3n) is 3.07. The summed E-state index contributed by atoms with van der Waals surface area (Å²) in [5.74, 6) is 0.511. The third-order valence-corrected chi connectivity index (χ3v) is 3.07. The molecule has 6 heteroatoms. The first kappa shape index (κ1) is 15.6. The zero-order valence-electron chi connectivity index (χ0n) is 12.4. The van der Waals surface area contributed by atoms with E-state index < -0.39 is 12.4 Å². The SMILES string of the molecule is CCOC(CNC(=O)C1CNc2ccccc2O1)OCC. The predicted molar refractivity (Wildman–Crippen MR) is 79.4 cm³/mol. The molecule has 1 aromatic rings. The van der Waals surface area contributed by atoms with E-state index in [9.17, 15) is 4.79 Å². The van der Waals surface area contributed by atoms with Crippen LogP contribution in [0.25, 0.3) is 0 Å². The summed E-state index contributed by atoms with van der Waals surface area (Å²) in [5.41, 5.74) is 0.906. The van der Waals surface area contributed by atoms with Gasteiger partial charge in [-0.05, 0) is 26.0 Å². The Hall–Kier alpha value is -1.79. The van der Waals surface area contributed by atoms with Crippen LogP contribution in [0, 0.1) is 0 Å². The highest BCUT2D eigenvalue weighted by Gasteiger charge is 2.26. The second-order valence-corrected chi connectivity index (χ2v) is 4.57. The van der Waals surface area contributed by atoms with Gasteiger partial charge in [-0.25, -0.2) is 0 Å². The number of hydrogen-bond donors (Lipinski definition) is 2. The van der Waals surface area contributed by atoms with E-state index in [1.54, 1.807) is 0 Å². The smallest absolute Gasteiger partial charge is 0.263 e. The van der Waals surface area contributed by atoms with Crippen molar-refractivity contribution in [2.24, 2.45) is 0 Å². The summed E-state index contributed by atoms with van der Waals surface area (Å²) >= 11 is 0. The molecule has 0 bridgehead atoms. The standard InChI is InChI=1S/C15H22N2O4/c1-3-19-14(20-4-2)10-17-15(18)13-9-16-11-7-5-6-8-12(11)21-13/h5-8,13-14,16H,3-4,9-10H2,1-2H3,(H,17,18). The van der Waals surface area contributed by atoms with Crippen molar-refractivity contribution in [1.82, 2.24) is 5.32 Å². The van der Waals surface area contributed by atoms with Gasteiger partial charge in [-0.15, -0.1) is 0 Å². The van der Waals surface area contributed by atoms with Crippen LogP contribution in [0.2, 0.25) is 0 Å². The summed E-state index contributed by atoms with van der Waals surface area (Å²) in [7, 11) is 0. The predicted octanol–water partition coefficient (Wildman–Crippen LogP) is 1.37. The molecule has 0 radical (unpaired) electrons. The lowest BCUT2D eigenvalue weighted by Gasteiger charge is -2.27. The first-order chi connectivity index (χ1) is 10.2. The quantitative estimate of drug-likeness (QED) is 0.744. The molecule has 0 aliphatic carbocycles. The molecule has 1 atom stereocenters. The molecule has 0 fully saturated rings. The van der Waals surface area contributed by atoms with Gasteiger partial charge in [0, 0.05) is 13.2 Å². The number of para-hydroxylation sites is 2. The molecule has 1 aliphatic heterocycles. The van der Waals surface area contributed by atoms with Crippen LogP contribution in [0.4, 0.5) is 5.69 Å². The first-order valence-electron chi connectivity index (χ1n) is 7.25. The number of carbonyl (C=O) groups is 1. The number of rotatable bonds is 7. The number of carbonyl (C=O) groups excluding carboxylic acids is 1. The molecule has 0 spiro atoms. The Morgan fingerprint density at radius 3 is 2.81 bits per heavy atom. The number of anilines is 1. The molecule has 1 heterocycles. The number of hydrogen-bond acceptors (Lipinski definition) is 5. The Morgan fingerprint density at radius 1 is 1.38 bits per heavy atom. The number of amides is 1. The molecule has 1 aliphatic rings. The van der Waals surface area contributed by atoms with Crippen LogP contribution in [-0.2, 0) is 14.3 Å². The van der Waals surface area contributed by atoms with E-state index in [1.165, 1.54) is 0 Å². The topological polar surface area (TPSA) is 68.8 Å². The number of nitrogens with one attached hydrogen (secondary N) is 2. The van der Waals surface area contributed by atoms with Crippen molar-refractivity contribution in [3.05, 3.63) is 24.3 Å². The van der Waals surface area contributed by atoms with Crippen LogP contribution in [0.5, 0.6) is 5.75 Å². The van der Waals surface area contributed by atoms with E-state index in [2.05, 4.69) is 10.6 Å². The highest BCUT2D eigenvalue weighted by atomic mass is 16.7. The molecule has 2 rings (SSSR count). The van der Waals surface area contributed by atoms with Crippen molar-refractivity contribution in [3.8, 4) is 5.75 Å². The number of fused-ring (bicyclic) bond motifs is 1. The Morgan fingerprint density at radius 2 is 2.10 bits per heavy atom. The van der Waals surface area contributed by atoms with Crippen molar-refractivity contribution < 1.29 is 19.0 Å². The van der Waals surface area contributed by atoms with E-state index in [1.807, 2.05) is 38.1 Å². The highest BCUT2D eigenvalue weighted by molar-refractivity contribution is 5.83. The number of ether oxygens (including phenoxy) is 3. The molecule has 0 saturated carbocycles. The molecule has 21 heavy (non-hydrogen) atoms. The minimum absolute atomic E-state index is 0.179. The van der Waals surface area contributed by atoms with Gasteiger partial charge in [0.25, 0.3) is 5.91 Å². The van der Waals surface area contributed by atoms with Crippen LogP contribution in [-0.4, -0.2) is 44.6 Å². The van der Waals surface area contributed by atoms with Crippen LogP contribution in [0.15, 0.2) is 24.3 Å². The fourth-order valence-corrected chi connectivity index (χ4v) is 2.09. The van der Waals surface area contributed by atoms with Gasteiger partial charge in [-0.3, -0.25) is 4.79 Å². The fourth-order valence-electron chi connectivity index (χ4n) is 2.09. The van der Waals surface area contributed by atoms with Gasteiger partial charge in [-0.2, -0.15) is 0 Å². The molecule has 116 valence electrons. The lowest BCUT2D eigenvalue weighted by Crippen LogP contribution is -2.47. The first-order valence-corrected chi connectivity index (χ1v) is 7.25. The summed E-state index contributed by atoms with van der Waals surface area (Å²) in [4.78, 5) is 12.1. The Labute approximate surface area is 124 Å². The molecule has 1 unspecified atom stereocenters. The minimum Gasteiger partial charge on any atom is -0.477 e. The van der Waals surface area contributed by atoms with E-state index in [0.29, 0.717) is 32.1 Å². The number of benzene rings is 1. The van der Waals surface area contributed by atoms with Crippen molar-refractivity contribution in [2.45, 2.75) is 26.2 Å². The lowest BCUT2D eigenvalue weighted by molar-refractivity contribution is -0.143. The second kappa shape index (κ2) is 7.85. The van der Waals surface area contributed by atoms with E-state index >= 15 is 0 Å². The van der Waals surface area contributed by atoms with Gasteiger partial charge in [0.1, 0.15) is 5.75 Å². The maximum atomic E-state index is 12.1. The Bertz CT molecular complexity index is 461. The van der Waals surface area contributed by atoms with Crippen LogP contribution in [0.1, 0.15) is 13.8 Å². The van der Waals surface area contributed by atoms with Gasteiger partial charge < -0.3 is 24.8 Å². The average Bonchev–Trinajstić information content (AvgIpc) is 2.52. The molecule has 0 aromatic heterocycles. The van der Waals surface area contributed by atoms with E-state index in [-0.39, 0.29) is 5.91 Å². The molecular formula is C15H22N2O4. The molecule has 2 N–H and O–H groups in total. The van der Waals surface area contributed by atoms with Crippen molar-refractivity contribution in [3.63, 3.8) is 0 Å². The van der Waals surface area contributed by atoms with Gasteiger partial charge in [-0.1, -0.05) is 12.1 Å². The molecule has 6 nitrogen and oxygen atoms in total. The monoisotopic (exact) mass is 294 g/mol. The third kappa shape index (κ3) is 4.34. The van der Waals surface area contributed by atoms with Crippen molar-refractivity contribution in [1.29, 1.82) is 0 Å². The summed E-state index contributed by atoms with van der Waals surface area (Å²) in [5, 5.41) is 5.98. The summed E-state index contributed by atoms with van der Waals surface area (Å²) in [6.45, 7) is 5.60. The Balaban J connectivity index is 1.84. The van der Waals surface area contributed by atoms with Crippen LogP contribution in [0.3, 0.4) is 0 Å². The molecule has 1 aromatic carbocycles. The minimum atomic E-state index is -0.552. The summed E-state index contributed by atoms with van der Waals surface area (Å²) in [6, 6.07) is 7.56. The zero-order valence-corrected chi connectivity index (χ0v) is 12.4. The Kier molecular flexibility index (Phi) is 5.83. The molecular weight excluding hydrogens is 272 g/mol. The summed E-state index contributed by atoms with van der Waals surface area (Å²) in [6.07, 6.45) is -0.975. The van der Waals surface area contributed by atoms with E-state index in [4.69, 9.17) is 14.2 Å². The average molecular weight is 294 g/mol. The van der Waals surface area contributed by atoms with Crippen molar-refractivity contribution in [2.75, 3.05) is 31.6 Å². The van der Waals surface area contributed by atoms with Crippen LogP contribution >= 0.6 is 0 Å². The molecule has 1 amide bonds. The van der Waals surface area contributed by atoms with E-state index in [0.717, 1.165) is 5.69 Å². The van der Waals surface area contributed by atoms with Gasteiger partial charge >= 0.3 is 0 Å². The fraction of sp³-hybridized carbons (Fsp3) is 0.533. The lowest BCUT2D eigenvalue weighted by atomic mass is 10.2. The zero-order chi connectivity index (χ0) is 15.1. The maximum Gasteiger partial charge on any atom is 0.263 e. The largest absolute Gasteiger partial charge is 0.477 e. The summed E-state index contributed by atoms with van der Waals surface area (Å²) < 4.78 is 16.5. The normalized spacial score (nSPS) is 16.8. The van der Waals surface area contributed by atoms with Crippen LogP contribution < -0.4 is 15.4 Å². The molecule has 0 saturated heterocycles. The highest BCUT2D eigenvalue weighted by Crippen LogP contribution is 2.28. The van der Waals surface area contributed by atoms with Gasteiger partial charge in [0.15, 0.2) is 12.4 Å². The van der Waals surface area contributed by atoms with Crippen molar-refractivity contribution >= 4 is 11.6 Å². The second-order valence-electron chi connectivity index (χ2n) is 4.57. The van der Waals surface area contributed by atoms with Gasteiger partial charge in [0.2, 0.25) is 0 Å². The maximum absolute atomic E-state index is 12.1. The van der Waals surface area contributed by atoms with Gasteiger partial charge in [0.05, 0.1) is 18.8 Å².